The van der Waals surface area contributed by atoms with E-state index in [4.69, 9.17) is 11.6 Å². The Labute approximate surface area is 249 Å². The van der Waals surface area contributed by atoms with Gasteiger partial charge in [0.1, 0.15) is 12.4 Å². The van der Waals surface area contributed by atoms with Gasteiger partial charge in [-0.05, 0) is 92.5 Å². The Morgan fingerprint density at radius 3 is 2.44 bits per heavy atom. The van der Waals surface area contributed by atoms with Gasteiger partial charge in [-0.2, -0.15) is 0 Å². The molecule has 41 heavy (non-hydrogen) atoms. The first-order valence-corrected chi connectivity index (χ1v) is 15.0. The Morgan fingerprint density at radius 2 is 1.78 bits per heavy atom. The fraction of sp³-hybridized carbons (Fsp3) is 0.412. The maximum absolute atomic E-state index is 13.9. The van der Waals surface area contributed by atoms with Crippen LogP contribution in [0, 0.1) is 6.92 Å². The van der Waals surface area contributed by atoms with Crippen molar-refractivity contribution in [3.63, 3.8) is 0 Å². The molecule has 3 atom stereocenters. The first-order valence-electron chi connectivity index (χ1n) is 14.6. The monoisotopic (exact) mass is 575 g/mol. The number of rotatable bonds is 11. The van der Waals surface area contributed by atoms with E-state index in [0.717, 1.165) is 73.2 Å². The molecule has 1 aliphatic heterocycles. The molecule has 4 rings (SSSR count). The number of likely N-dealkylation sites (N-methyl/N-ethyl adjacent to an activating group) is 2. The van der Waals surface area contributed by atoms with E-state index in [-0.39, 0.29) is 17.9 Å². The van der Waals surface area contributed by atoms with Crippen molar-refractivity contribution in [1.29, 1.82) is 0 Å². The van der Waals surface area contributed by atoms with Crippen LogP contribution in [0.5, 0.6) is 0 Å². The summed E-state index contributed by atoms with van der Waals surface area (Å²) in [5.74, 6) is -0.184. The Kier molecular flexibility index (Phi) is 10.7. The average Bonchev–Trinajstić information content (AvgIpc) is 3.17. The van der Waals surface area contributed by atoms with Crippen molar-refractivity contribution in [2.75, 3.05) is 44.7 Å². The molecule has 1 heterocycles. The van der Waals surface area contributed by atoms with Gasteiger partial charge in [-0.3, -0.25) is 9.69 Å². The summed E-state index contributed by atoms with van der Waals surface area (Å²) in [6.07, 6.45) is 1.83. The summed E-state index contributed by atoms with van der Waals surface area (Å²) in [5, 5.41) is 11.5. The van der Waals surface area contributed by atoms with Crippen LogP contribution in [-0.4, -0.2) is 72.9 Å². The first-order chi connectivity index (χ1) is 19.8. The van der Waals surface area contributed by atoms with Crippen molar-refractivity contribution in [3.05, 3.63) is 99.6 Å². The van der Waals surface area contributed by atoms with E-state index < -0.39 is 6.10 Å². The van der Waals surface area contributed by atoms with Crippen molar-refractivity contribution in [2.45, 2.75) is 51.7 Å². The van der Waals surface area contributed by atoms with Gasteiger partial charge in [0.25, 0.3) is 5.91 Å². The van der Waals surface area contributed by atoms with E-state index in [9.17, 15) is 14.7 Å². The minimum atomic E-state index is -0.763. The molecule has 0 aromatic heterocycles. The van der Waals surface area contributed by atoms with E-state index >= 15 is 0 Å². The second kappa shape index (κ2) is 14.2. The zero-order valence-electron chi connectivity index (χ0n) is 24.6. The summed E-state index contributed by atoms with van der Waals surface area (Å²) in [4.78, 5) is 32.7. The van der Waals surface area contributed by atoms with Gasteiger partial charge in [-0.25, -0.2) is 0 Å². The maximum atomic E-state index is 13.9. The topological polar surface area (TPSA) is 64.1 Å². The third-order valence-corrected chi connectivity index (χ3v) is 8.74. The SMILES string of the molecule is CCN(CC)CCN(C)C(C=O)C1CCCN(C(=O)c2ccc(C(O)c3ccccc3C)cc2)c2ccc(Cl)cc21. The molecule has 1 amide bonds. The summed E-state index contributed by atoms with van der Waals surface area (Å²) < 4.78 is 0. The third-order valence-electron chi connectivity index (χ3n) is 8.50. The van der Waals surface area contributed by atoms with Crippen molar-refractivity contribution in [1.82, 2.24) is 9.80 Å². The van der Waals surface area contributed by atoms with Gasteiger partial charge >= 0.3 is 0 Å². The van der Waals surface area contributed by atoms with Gasteiger partial charge in [-0.1, -0.05) is 61.8 Å². The van der Waals surface area contributed by atoms with Crippen LogP contribution in [0.4, 0.5) is 5.69 Å². The number of carbonyl (C=O) groups excluding carboxylic acids is 2. The van der Waals surface area contributed by atoms with Crippen LogP contribution >= 0.6 is 11.6 Å². The third kappa shape index (κ3) is 7.07. The van der Waals surface area contributed by atoms with E-state index in [1.165, 1.54) is 0 Å². The van der Waals surface area contributed by atoms with Gasteiger partial charge in [0.15, 0.2) is 0 Å². The molecule has 1 aliphatic rings. The largest absolute Gasteiger partial charge is 0.384 e. The fourth-order valence-corrected chi connectivity index (χ4v) is 6.09. The highest BCUT2D eigenvalue weighted by Gasteiger charge is 2.33. The van der Waals surface area contributed by atoms with Crippen LogP contribution in [0.25, 0.3) is 0 Å². The van der Waals surface area contributed by atoms with E-state index in [2.05, 4.69) is 23.6 Å². The molecule has 218 valence electrons. The highest BCUT2D eigenvalue weighted by Crippen LogP contribution is 2.39. The predicted octanol–water partition coefficient (Wildman–Crippen LogP) is 6.10. The molecule has 0 aliphatic carbocycles. The second-order valence-electron chi connectivity index (χ2n) is 10.9. The first kappa shape index (κ1) is 30.9. The summed E-state index contributed by atoms with van der Waals surface area (Å²) >= 11 is 6.48. The van der Waals surface area contributed by atoms with Gasteiger partial charge < -0.3 is 19.7 Å². The molecule has 6 nitrogen and oxygen atoms in total. The standard InChI is InChI=1S/C34H42ClN3O3/c1-5-37(6-2)21-20-36(4)32(23-39)29-12-9-19-38(31-18-17-27(35)22-30(29)31)34(41)26-15-13-25(14-16-26)33(40)28-11-8-7-10-24(28)3/h7-8,10-11,13-18,22-23,29,32-33,40H,5-6,9,12,19-21H2,1-4H3. The molecule has 0 saturated heterocycles. The highest BCUT2D eigenvalue weighted by molar-refractivity contribution is 6.30. The summed E-state index contributed by atoms with van der Waals surface area (Å²) in [5.41, 5.74) is 4.88. The van der Waals surface area contributed by atoms with Crippen LogP contribution in [0.1, 0.15) is 71.3 Å². The van der Waals surface area contributed by atoms with Gasteiger partial charge in [0.2, 0.25) is 0 Å². The van der Waals surface area contributed by atoms with Crippen molar-refractivity contribution in [2.24, 2.45) is 0 Å². The number of hydrogen-bond donors (Lipinski definition) is 1. The molecule has 1 N–H and O–H groups in total. The normalized spacial score (nSPS) is 16.8. The van der Waals surface area contributed by atoms with E-state index in [1.54, 1.807) is 12.1 Å². The maximum Gasteiger partial charge on any atom is 0.258 e. The lowest BCUT2D eigenvalue weighted by Gasteiger charge is -2.33. The van der Waals surface area contributed by atoms with E-state index in [1.807, 2.05) is 73.5 Å². The summed E-state index contributed by atoms with van der Waals surface area (Å²) in [6.45, 7) is 10.4. The number of aryl methyl sites for hydroxylation is 1. The van der Waals surface area contributed by atoms with Crippen molar-refractivity contribution in [3.8, 4) is 0 Å². The number of nitrogens with zero attached hydrogens (tertiary/aromatic N) is 3. The zero-order chi connectivity index (χ0) is 29.5. The summed E-state index contributed by atoms with van der Waals surface area (Å²) in [6, 6.07) is 20.3. The fourth-order valence-electron chi connectivity index (χ4n) is 5.91. The molecule has 0 bridgehead atoms. The van der Waals surface area contributed by atoms with Crippen molar-refractivity contribution < 1.29 is 14.7 Å². The number of anilines is 1. The molecule has 7 heteroatoms. The van der Waals surface area contributed by atoms with Gasteiger partial charge in [0, 0.05) is 41.8 Å². The lowest BCUT2D eigenvalue weighted by molar-refractivity contribution is -0.112. The second-order valence-corrected chi connectivity index (χ2v) is 11.4. The lowest BCUT2D eigenvalue weighted by Crippen LogP contribution is -2.42. The minimum absolute atomic E-state index is 0.0765. The zero-order valence-corrected chi connectivity index (χ0v) is 25.3. The molecular formula is C34H42ClN3O3. The summed E-state index contributed by atoms with van der Waals surface area (Å²) in [7, 11) is 2.01. The lowest BCUT2D eigenvalue weighted by atomic mass is 9.87. The molecular weight excluding hydrogens is 534 g/mol. The van der Waals surface area contributed by atoms with Crippen LogP contribution < -0.4 is 4.90 Å². The van der Waals surface area contributed by atoms with Crippen LogP contribution in [0.15, 0.2) is 66.7 Å². The number of hydrogen-bond acceptors (Lipinski definition) is 5. The number of aliphatic hydroxyl groups excluding tert-OH is 1. The van der Waals surface area contributed by atoms with Crippen LogP contribution in [0.2, 0.25) is 5.02 Å². The van der Waals surface area contributed by atoms with Crippen LogP contribution in [0.3, 0.4) is 0 Å². The number of aliphatic hydroxyl groups is 1. The molecule has 0 radical (unpaired) electrons. The number of amides is 1. The van der Waals surface area contributed by atoms with Gasteiger partial charge in [-0.15, -0.1) is 0 Å². The highest BCUT2D eigenvalue weighted by atomic mass is 35.5. The quantitative estimate of drug-likeness (QED) is 0.280. The molecule has 0 saturated carbocycles. The Bertz CT molecular complexity index is 1330. The van der Waals surface area contributed by atoms with Crippen molar-refractivity contribution >= 4 is 29.5 Å². The predicted molar refractivity (Wildman–Crippen MR) is 167 cm³/mol. The molecule has 3 unspecified atom stereocenters. The Balaban J connectivity index is 1.59. The Hall–Kier alpha value is -3.03. The molecule has 0 fully saturated rings. The molecule has 0 spiro atoms. The number of carbonyl (C=O) groups is 2. The van der Waals surface area contributed by atoms with Gasteiger partial charge in [0.05, 0.1) is 6.04 Å². The minimum Gasteiger partial charge on any atom is -0.384 e. The average molecular weight is 576 g/mol. The van der Waals surface area contributed by atoms with E-state index in [0.29, 0.717) is 17.1 Å². The number of benzene rings is 3. The smallest absolute Gasteiger partial charge is 0.258 e. The molecule has 3 aromatic rings. The number of fused-ring (bicyclic) bond motifs is 1. The van der Waals surface area contributed by atoms with Crippen LogP contribution in [-0.2, 0) is 4.79 Å². The Morgan fingerprint density at radius 1 is 1.07 bits per heavy atom. The number of aldehydes is 1. The number of halogens is 1. The molecule has 3 aromatic carbocycles.